The molecule has 0 spiro atoms. The molecule has 1 fully saturated rings. The van der Waals surface area contributed by atoms with Gasteiger partial charge < -0.3 is 9.90 Å². The molecular formula is C8H14NNaO2. The second kappa shape index (κ2) is 5.22. The minimum Gasteiger partial charge on any atom is -0.548 e. The van der Waals surface area contributed by atoms with E-state index >= 15 is 0 Å². The Bertz CT molecular complexity index is 163. The van der Waals surface area contributed by atoms with Crippen molar-refractivity contribution >= 4 is 5.97 Å². The van der Waals surface area contributed by atoms with E-state index in [0.29, 0.717) is 0 Å². The summed E-state index contributed by atoms with van der Waals surface area (Å²) in [5.74, 6) is -0.923. The van der Waals surface area contributed by atoms with E-state index in [1.165, 1.54) is 0 Å². The monoisotopic (exact) mass is 179 g/mol. The number of unbranched alkanes of at least 4 members (excludes halogenated alkanes) is 1. The van der Waals surface area contributed by atoms with Gasteiger partial charge in [0.1, 0.15) is 0 Å². The molecule has 1 rings (SSSR count). The van der Waals surface area contributed by atoms with Crippen molar-refractivity contribution in [2.75, 3.05) is 6.54 Å². The Balaban J connectivity index is 0.00000121. The van der Waals surface area contributed by atoms with Crippen molar-refractivity contribution < 1.29 is 39.5 Å². The summed E-state index contributed by atoms with van der Waals surface area (Å²) in [6, 6.07) is -0.104. The van der Waals surface area contributed by atoms with Crippen LogP contribution in [0.3, 0.4) is 0 Å². The van der Waals surface area contributed by atoms with E-state index in [4.69, 9.17) is 0 Å². The van der Waals surface area contributed by atoms with Crippen LogP contribution in [-0.4, -0.2) is 29.5 Å². The summed E-state index contributed by atoms with van der Waals surface area (Å²) in [5.41, 5.74) is 0. The molecule has 0 bridgehead atoms. The summed E-state index contributed by atoms with van der Waals surface area (Å²) in [6.45, 7) is 4.93. The molecule has 0 aliphatic carbocycles. The molecule has 0 aromatic heterocycles. The van der Waals surface area contributed by atoms with Crippen molar-refractivity contribution in [1.29, 1.82) is 0 Å². The fourth-order valence-corrected chi connectivity index (χ4v) is 1.42. The number of rotatable bonds is 4. The average molecular weight is 179 g/mol. The third-order valence-electron chi connectivity index (χ3n) is 2.26. The zero-order valence-corrected chi connectivity index (χ0v) is 10.0. The Morgan fingerprint density at radius 1 is 1.58 bits per heavy atom. The van der Waals surface area contributed by atoms with E-state index in [0.717, 1.165) is 19.4 Å². The van der Waals surface area contributed by atoms with Crippen molar-refractivity contribution in [3.63, 3.8) is 0 Å². The van der Waals surface area contributed by atoms with Gasteiger partial charge in [0.25, 0.3) is 0 Å². The van der Waals surface area contributed by atoms with Crippen molar-refractivity contribution in [3.05, 3.63) is 0 Å². The molecule has 1 saturated heterocycles. The Kier molecular flexibility index (Phi) is 5.41. The van der Waals surface area contributed by atoms with Crippen molar-refractivity contribution in [1.82, 2.24) is 4.90 Å². The zero-order valence-electron chi connectivity index (χ0n) is 8.04. The van der Waals surface area contributed by atoms with Crippen LogP contribution < -0.4 is 34.7 Å². The van der Waals surface area contributed by atoms with Crippen LogP contribution in [0.5, 0.6) is 0 Å². The first-order valence-corrected chi connectivity index (χ1v) is 4.15. The molecule has 0 radical (unpaired) electrons. The maximum Gasteiger partial charge on any atom is 1.00 e. The fourth-order valence-electron chi connectivity index (χ4n) is 1.42. The predicted molar refractivity (Wildman–Crippen MR) is 39.9 cm³/mol. The average Bonchev–Trinajstić information content (AvgIpc) is 2.57. The molecule has 4 heteroatoms. The van der Waals surface area contributed by atoms with Crippen LogP contribution in [-0.2, 0) is 4.79 Å². The number of hydrogen-bond acceptors (Lipinski definition) is 3. The van der Waals surface area contributed by atoms with Gasteiger partial charge >= 0.3 is 29.6 Å². The number of carbonyl (C=O) groups is 1. The molecule has 1 aliphatic heterocycles. The van der Waals surface area contributed by atoms with Crippen LogP contribution in [0.1, 0.15) is 26.7 Å². The van der Waals surface area contributed by atoms with Gasteiger partial charge in [0, 0.05) is 6.04 Å². The molecule has 1 aliphatic rings. The summed E-state index contributed by atoms with van der Waals surface area (Å²) in [7, 11) is 0. The number of hydrogen-bond donors (Lipinski definition) is 0. The van der Waals surface area contributed by atoms with Crippen molar-refractivity contribution in [2.24, 2.45) is 0 Å². The number of carbonyl (C=O) groups excluding carboxylic acids is 1. The van der Waals surface area contributed by atoms with E-state index in [1.807, 2.05) is 11.8 Å². The Morgan fingerprint density at radius 3 is 2.50 bits per heavy atom. The molecule has 0 aromatic rings. The third kappa shape index (κ3) is 2.73. The van der Waals surface area contributed by atoms with E-state index in [9.17, 15) is 9.90 Å². The third-order valence-corrected chi connectivity index (χ3v) is 2.26. The second-order valence-corrected chi connectivity index (χ2v) is 3.10. The molecule has 1 unspecified atom stereocenters. The minimum absolute atomic E-state index is 0. The Morgan fingerprint density at radius 2 is 2.17 bits per heavy atom. The zero-order chi connectivity index (χ0) is 8.43. The topological polar surface area (TPSA) is 43.1 Å². The Labute approximate surface area is 95.4 Å². The van der Waals surface area contributed by atoms with Gasteiger partial charge in [0.15, 0.2) is 0 Å². The van der Waals surface area contributed by atoms with Gasteiger partial charge in [-0.05, 0) is 19.9 Å². The number of carboxylic acids is 1. The van der Waals surface area contributed by atoms with Crippen molar-refractivity contribution in [3.8, 4) is 0 Å². The van der Waals surface area contributed by atoms with Crippen LogP contribution in [0.2, 0.25) is 0 Å². The van der Waals surface area contributed by atoms with E-state index in [1.54, 1.807) is 0 Å². The fraction of sp³-hybridized carbons (Fsp3) is 0.875. The smallest absolute Gasteiger partial charge is 0.548 e. The normalized spacial score (nSPS) is 32.3. The molecule has 64 valence electrons. The van der Waals surface area contributed by atoms with Crippen molar-refractivity contribution in [2.45, 2.75) is 38.8 Å². The first kappa shape index (κ1) is 12.4. The molecule has 0 saturated carbocycles. The quantitative estimate of drug-likeness (QED) is 0.334. The van der Waals surface area contributed by atoms with Crippen LogP contribution in [0, 0.1) is 0 Å². The Hall–Kier alpha value is 0.430. The van der Waals surface area contributed by atoms with E-state index in [2.05, 4.69) is 6.92 Å². The van der Waals surface area contributed by atoms with Crippen LogP contribution in [0.15, 0.2) is 0 Å². The molecular weight excluding hydrogens is 165 g/mol. The van der Waals surface area contributed by atoms with Gasteiger partial charge in [-0.15, -0.1) is 0 Å². The van der Waals surface area contributed by atoms with Gasteiger partial charge in [-0.1, -0.05) is 13.3 Å². The standard InChI is InChI=1S/C8H15NO2.Na/c1-3-4-5-9-6(2)7(9)8(10)11;/h6-7H,3-5H2,1-2H3,(H,10,11);/q;+1/p-1/t6-,7-,9?;/m0./s1. The summed E-state index contributed by atoms with van der Waals surface area (Å²) >= 11 is 0. The van der Waals surface area contributed by atoms with Gasteiger partial charge in [-0.2, -0.15) is 0 Å². The summed E-state index contributed by atoms with van der Waals surface area (Å²) in [5, 5.41) is 10.4. The van der Waals surface area contributed by atoms with Gasteiger partial charge in [0.05, 0.1) is 12.0 Å². The molecule has 12 heavy (non-hydrogen) atoms. The van der Waals surface area contributed by atoms with E-state index < -0.39 is 5.97 Å². The largest absolute Gasteiger partial charge is 1.00 e. The van der Waals surface area contributed by atoms with Crippen LogP contribution in [0.4, 0.5) is 0 Å². The first-order chi connectivity index (χ1) is 5.18. The number of nitrogens with zero attached hydrogens (tertiary/aromatic N) is 1. The molecule has 0 aromatic carbocycles. The van der Waals surface area contributed by atoms with E-state index in [-0.39, 0.29) is 41.6 Å². The molecule has 3 atom stereocenters. The summed E-state index contributed by atoms with van der Waals surface area (Å²) in [6.07, 6.45) is 2.19. The molecule has 0 N–H and O–H groups in total. The maximum atomic E-state index is 10.4. The van der Waals surface area contributed by atoms with Gasteiger partial charge in [0.2, 0.25) is 0 Å². The van der Waals surface area contributed by atoms with Gasteiger partial charge in [-0.25, -0.2) is 0 Å². The number of carboxylic acid groups (broad SMARTS) is 1. The second-order valence-electron chi connectivity index (χ2n) is 3.10. The van der Waals surface area contributed by atoms with Gasteiger partial charge in [-0.3, -0.25) is 4.90 Å². The first-order valence-electron chi connectivity index (χ1n) is 4.15. The predicted octanol–water partition coefficient (Wildman–Crippen LogP) is -3.39. The minimum atomic E-state index is -0.923. The van der Waals surface area contributed by atoms with Crippen LogP contribution in [0.25, 0.3) is 0 Å². The van der Waals surface area contributed by atoms with Crippen LogP contribution >= 0.6 is 0 Å². The molecule has 0 amide bonds. The maximum absolute atomic E-state index is 10.4. The molecule has 3 nitrogen and oxygen atoms in total. The number of aliphatic carboxylic acids is 1. The summed E-state index contributed by atoms with van der Waals surface area (Å²) < 4.78 is 0. The SMILES string of the molecule is CCCCN1[C@H](C(=O)[O-])[C@@H]1C.[Na+]. The summed E-state index contributed by atoms with van der Waals surface area (Å²) in [4.78, 5) is 12.3. The molecule has 1 heterocycles.